The Morgan fingerprint density at radius 1 is 0.421 bits per heavy atom. The first-order chi connectivity index (χ1) is 18.6. The largest absolute Gasteiger partial charge is 0.480 e. The minimum Gasteiger partial charge on any atom is -0.480 e. The highest BCUT2D eigenvalue weighted by atomic mass is 16.6. The van der Waals surface area contributed by atoms with E-state index in [9.17, 15) is 4.79 Å². The molecule has 1 N–H and O–H groups in total. The van der Waals surface area contributed by atoms with Crippen molar-refractivity contribution in [2.24, 2.45) is 0 Å². The minimum atomic E-state index is -0.994. The van der Waals surface area contributed by atoms with Crippen molar-refractivity contribution < 1.29 is 62.0 Å². The number of rotatable bonds is 33. The molecule has 0 aromatic rings. The number of carboxylic acid groups (broad SMARTS) is 1. The van der Waals surface area contributed by atoms with Gasteiger partial charge in [-0.3, -0.25) is 0 Å². The third-order valence-corrected chi connectivity index (χ3v) is 4.25. The SMILES string of the molecule is CC(C)OCCOCCOCCOCCOCCOCCOCCOCCOCCOCCOCC(=O)O. The van der Waals surface area contributed by atoms with E-state index in [4.69, 9.17) is 57.2 Å². The van der Waals surface area contributed by atoms with E-state index in [0.29, 0.717) is 126 Å². The van der Waals surface area contributed by atoms with Gasteiger partial charge in [0.25, 0.3) is 0 Å². The topological polar surface area (TPSA) is 139 Å². The molecule has 0 atom stereocenters. The van der Waals surface area contributed by atoms with Gasteiger partial charge in [-0.2, -0.15) is 0 Å². The summed E-state index contributed by atoms with van der Waals surface area (Å²) in [7, 11) is 0. The van der Waals surface area contributed by atoms with Gasteiger partial charge in [0, 0.05) is 0 Å². The van der Waals surface area contributed by atoms with Crippen LogP contribution in [0.3, 0.4) is 0 Å². The highest BCUT2D eigenvalue weighted by Gasteiger charge is 1.97. The van der Waals surface area contributed by atoms with Crippen molar-refractivity contribution in [1.82, 2.24) is 0 Å². The summed E-state index contributed by atoms with van der Waals surface area (Å²) in [4.78, 5) is 10.2. The fourth-order valence-corrected chi connectivity index (χ4v) is 2.48. The van der Waals surface area contributed by atoms with Crippen molar-refractivity contribution in [2.45, 2.75) is 20.0 Å². The third-order valence-electron chi connectivity index (χ3n) is 4.25. The molecule has 0 saturated carbocycles. The van der Waals surface area contributed by atoms with Gasteiger partial charge < -0.3 is 57.2 Å². The second-order valence-corrected chi connectivity index (χ2v) is 7.88. The molecule has 0 amide bonds. The van der Waals surface area contributed by atoms with Gasteiger partial charge in [-0.25, -0.2) is 4.79 Å². The molecule has 0 aromatic carbocycles. The zero-order chi connectivity index (χ0) is 27.8. The van der Waals surface area contributed by atoms with Crippen LogP contribution in [0.5, 0.6) is 0 Å². The summed E-state index contributed by atoms with van der Waals surface area (Å²) in [5.74, 6) is -0.994. The molecular weight excluding hydrogens is 508 g/mol. The molecule has 13 nitrogen and oxygen atoms in total. The fraction of sp³-hybridized carbons (Fsp3) is 0.960. The van der Waals surface area contributed by atoms with Gasteiger partial charge >= 0.3 is 5.97 Å². The molecular formula is C25H50O13. The van der Waals surface area contributed by atoms with E-state index in [-0.39, 0.29) is 19.3 Å². The highest BCUT2D eigenvalue weighted by molar-refractivity contribution is 5.67. The van der Waals surface area contributed by atoms with Crippen LogP contribution in [0.1, 0.15) is 13.8 Å². The first-order valence-corrected chi connectivity index (χ1v) is 13.2. The Bertz CT molecular complexity index is 469. The zero-order valence-corrected chi connectivity index (χ0v) is 23.3. The van der Waals surface area contributed by atoms with Crippen LogP contribution >= 0.6 is 0 Å². The van der Waals surface area contributed by atoms with Gasteiger partial charge in [-0.05, 0) is 13.8 Å². The Balaban J connectivity index is 3.03. The van der Waals surface area contributed by atoms with E-state index < -0.39 is 5.97 Å². The van der Waals surface area contributed by atoms with Crippen molar-refractivity contribution in [3.05, 3.63) is 0 Å². The number of hydrogen-bond donors (Lipinski definition) is 1. The Kier molecular flexibility index (Phi) is 31.4. The average molecular weight is 559 g/mol. The van der Waals surface area contributed by atoms with Crippen molar-refractivity contribution in [1.29, 1.82) is 0 Å². The van der Waals surface area contributed by atoms with E-state index in [1.807, 2.05) is 13.8 Å². The average Bonchev–Trinajstić information content (AvgIpc) is 2.89. The van der Waals surface area contributed by atoms with Crippen LogP contribution < -0.4 is 0 Å². The van der Waals surface area contributed by atoms with Crippen LogP contribution in [0.4, 0.5) is 0 Å². The molecule has 38 heavy (non-hydrogen) atoms. The quantitative estimate of drug-likeness (QED) is 0.113. The van der Waals surface area contributed by atoms with Crippen molar-refractivity contribution >= 4 is 5.97 Å². The maximum absolute atomic E-state index is 10.2. The smallest absolute Gasteiger partial charge is 0.329 e. The molecule has 0 fully saturated rings. The summed E-state index contributed by atoms with van der Waals surface area (Å²) in [6.45, 7) is 13.4. The highest BCUT2D eigenvalue weighted by Crippen LogP contribution is 1.89. The lowest BCUT2D eigenvalue weighted by Gasteiger charge is -2.09. The van der Waals surface area contributed by atoms with Crippen LogP contribution in [0.2, 0.25) is 0 Å². The van der Waals surface area contributed by atoms with E-state index in [2.05, 4.69) is 0 Å². The van der Waals surface area contributed by atoms with Gasteiger partial charge in [-0.15, -0.1) is 0 Å². The minimum absolute atomic E-state index is 0.228. The van der Waals surface area contributed by atoms with Crippen LogP contribution in [0.15, 0.2) is 0 Å². The molecule has 0 unspecified atom stereocenters. The van der Waals surface area contributed by atoms with E-state index >= 15 is 0 Å². The normalized spacial score (nSPS) is 11.6. The maximum Gasteiger partial charge on any atom is 0.329 e. The Morgan fingerprint density at radius 2 is 0.632 bits per heavy atom. The zero-order valence-electron chi connectivity index (χ0n) is 23.3. The second-order valence-electron chi connectivity index (χ2n) is 7.88. The van der Waals surface area contributed by atoms with Gasteiger partial charge in [0.2, 0.25) is 0 Å². The van der Waals surface area contributed by atoms with Crippen molar-refractivity contribution in [3.8, 4) is 0 Å². The van der Waals surface area contributed by atoms with Gasteiger partial charge in [0.1, 0.15) is 6.61 Å². The molecule has 0 bridgehead atoms. The first-order valence-electron chi connectivity index (χ1n) is 13.2. The Morgan fingerprint density at radius 3 is 0.842 bits per heavy atom. The number of carbonyl (C=O) groups is 1. The standard InChI is InChI=1S/C25H50O13/c1-24(2)38-22-21-36-18-17-34-14-13-32-10-9-30-6-5-28-3-4-29-7-8-31-11-12-33-15-16-35-19-20-37-23-25(26)27/h24H,3-23H2,1-2H3,(H,26,27). The van der Waals surface area contributed by atoms with Gasteiger partial charge in [0.05, 0.1) is 138 Å². The number of aliphatic carboxylic acids is 1. The number of ether oxygens (including phenoxy) is 11. The molecule has 0 heterocycles. The van der Waals surface area contributed by atoms with E-state index in [1.54, 1.807) is 0 Å². The molecule has 13 heteroatoms. The molecule has 0 spiro atoms. The summed E-state index contributed by atoms with van der Waals surface area (Å²) >= 11 is 0. The van der Waals surface area contributed by atoms with E-state index in [0.717, 1.165) is 0 Å². The fourth-order valence-electron chi connectivity index (χ4n) is 2.48. The molecule has 0 saturated heterocycles. The van der Waals surface area contributed by atoms with Crippen LogP contribution in [-0.4, -0.2) is 156 Å². The van der Waals surface area contributed by atoms with Crippen LogP contribution in [-0.2, 0) is 56.9 Å². The van der Waals surface area contributed by atoms with E-state index in [1.165, 1.54) is 0 Å². The lowest BCUT2D eigenvalue weighted by Crippen LogP contribution is -2.15. The predicted molar refractivity (Wildman–Crippen MR) is 137 cm³/mol. The molecule has 0 aliphatic carbocycles. The number of carboxylic acids is 1. The summed E-state index contributed by atoms with van der Waals surface area (Å²) in [6, 6.07) is 0. The van der Waals surface area contributed by atoms with Crippen molar-refractivity contribution in [2.75, 3.05) is 139 Å². The van der Waals surface area contributed by atoms with Crippen molar-refractivity contribution in [3.63, 3.8) is 0 Å². The molecule has 228 valence electrons. The summed E-state index contributed by atoms with van der Waals surface area (Å²) < 4.78 is 58.8. The van der Waals surface area contributed by atoms with Crippen LogP contribution in [0.25, 0.3) is 0 Å². The molecule has 0 aromatic heterocycles. The van der Waals surface area contributed by atoms with Gasteiger partial charge in [-0.1, -0.05) is 0 Å². The summed E-state index contributed by atoms with van der Waals surface area (Å²) in [6.07, 6.45) is 0.228. The molecule has 0 aliphatic rings. The first kappa shape index (κ1) is 37.0. The second kappa shape index (κ2) is 32.2. The molecule has 0 aliphatic heterocycles. The Labute approximate surface area is 227 Å². The predicted octanol–water partition coefficient (Wildman–Crippen LogP) is 0.662. The van der Waals surface area contributed by atoms with Gasteiger partial charge in [0.15, 0.2) is 0 Å². The maximum atomic E-state index is 10.2. The van der Waals surface area contributed by atoms with Crippen LogP contribution in [0, 0.1) is 0 Å². The summed E-state index contributed by atoms with van der Waals surface area (Å²) in [5.41, 5.74) is 0. The molecule has 0 radical (unpaired) electrons. The Hall–Kier alpha value is -0.970. The monoisotopic (exact) mass is 558 g/mol. The lowest BCUT2D eigenvalue weighted by atomic mass is 10.5. The molecule has 0 rings (SSSR count). The summed E-state index contributed by atoms with van der Waals surface area (Å²) in [5, 5.41) is 8.40. The third kappa shape index (κ3) is 35.0. The lowest BCUT2D eigenvalue weighted by molar-refractivity contribution is -0.142. The number of hydrogen-bond acceptors (Lipinski definition) is 12.